The van der Waals surface area contributed by atoms with Crippen molar-refractivity contribution in [3.63, 3.8) is 0 Å². The number of nitrogens with zero attached hydrogens (tertiary/aromatic N) is 2. The molecule has 16 heavy (non-hydrogen) atoms. The predicted octanol–water partition coefficient (Wildman–Crippen LogP) is 2.24. The highest BCUT2D eigenvalue weighted by atomic mass is 15.3. The summed E-state index contributed by atoms with van der Waals surface area (Å²) in [5.74, 6) is 1.88. The lowest BCUT2D eigenvalue weighted by Crippen LogP contribution is -2.05. The second-order valence-corrected chi connectivity index (χ2v) is 6.03. The van der Waals surface area contributed by atoms with Gasteiger partial charge in [0.05, 0.1) is 6.20 Å². The normalized spacial score (nSPS) is 27.4. The summed E-state index contributed by atoms with van der Waals surface area (Å²) in [6, 6.07) is 0. The van der Waals surface area contributed by atoms with Crippen molar-refractivity contribution in [1.82, 2.24) is 9.78 Å². The van der Waals surface area contributed by atoms with Crippen molar-refractivity contribution in [2.45, 2.75) is 40.2 Å². The quantitative estimate of drug-likeness (QED) is 0.847. The molecule has 0 radical (unpaired) electrons. The summed E-state index contributed by atoms with van der Waals surface area (Å²) in [4.78, 5) is 0. The van der Waals surface area contributed by atoms with Crippen molar-refractivity contribution in [1.29, 1.82) is 0 Å². The molecule has 2 N–H and O–H groups in total. The van der Waals surface area contributed by atoms with E-state index in [0.717, 1.165) is 13.1 Å². The third kappa shape index (κ3) is 1.88. The fourth-order valence-electron chi connectivity index (χ4n) is 2.86. The van der Waals surface area contributed by atoms with Gasteiger partial charge < -0.3 is 5.73 Å². The summed E-state index contributed by atoms with van der Waals surface area (Å²) in [7, 11) is 0. The molecule has 1 fully saturated rings. The van der Waals surface area contributed by atoms with Crippen LogP contribution < -0.4 is 5.73 Å². The molecule has 0 spiro atoms. The Bertz CT molecular complexity index is 365. The molecule has 1 aromatic rings. The molecule has 2 atom stereocenters. The number of nitrogens with two attached hydrogens (primary N) is 1. The molecular formula is C13H23N3. The molecule has 2 rings (SSSR count). The molecule has 3 nitrogen and oxygen atoms in total. The van der Waals surface area contributed by atoms with E-state index in [4.69, 9.17) is 5.73 Å². The lowest BCUT2D eigenvalue weighted by atomic mass is 10.1. The molecule has 0 aliphatic heterocycles. The lowest BCUT2D eigenvalue weighted by Gasteiger charge is -2.03. The van der Waals surface area contributed by atoms with Crippen LogP contribution in [0.25, 0.3) is 0 Å². The van der Waals surface area contributed by atoms with Gasteiger partial charge in [0.2, 0.25) is 0 Å². The summed E-state index contributed by atoms with van der Waals surface area (Å²) in [6.45, 7) is 10.8. The van der Waals surface area contributed by atoms with E-state index in [0.29, 0.717) is 23.2 Å². The largest absolute Gasteiger partial charge is 0.330 e. The monoisotopic (exact) mass is 221 g/mol. The number of aromatic nitrogens is 2. The lowest BCUT2D eigenvalue weighted by molar-refractivity contribution is 0.482. The first kappa shape index (κ1) is 11.6. The van der Waals surface area contributed by atoms with Crippen molar-refractivity contribution in [2.75, 3.05) is 6.54 Å². The zero-order valence-corrected chi connectivity index (χ0v) is 10.8. The first-order chi connectivity index (χ1) is 7.46. The van der Waals surface area contributed by atoms with Gasteiger partial charge in [-0.05, 0) is 35.3 Å². The van der Waals surface area contributed by atoms with Crippen molar-refractivity contribution >= 4 is 0 Å². The van der Waals surface area contributed by atoms with Gasteiger partial charge in [0.1, 0.15) is 0 Å². The molecule has 1 aliphatic rings. The molecule has 0 saturated heterocycles. The van der Waals surface area contributed by atoms with Gasteiger partial charge in [0, 0.05) is 12.7 Å². The maximum Gasteiger partial charge on any atom is 0.0524 e. The van der Waals surface area contributed by atoms with Crippen LogP contribution >= 0.6 is 0 Å². The van der Waals surface area contributed by atoms with Gasteiger partial charge >= 0.3 is 0 Å². The Labute approximate surface area is 98.0 Å². The average Bonchev–Trinajstić information content (AvgIpc) is 2.55. The van der Waals surface area contributed by atoms with E-state index >= 15 is 0 Å². The van der Waals surface area contributed by atoms with Crippen LogP contribution in [0.15, 0.2) is 12.4 Å². The molecule has 0 amide bonds. The zero-order valence-electron chi connectivity index (χ0n) is 10.8. The van der Waals surface area contributed by atoms with E-state index in [1.807, 2.05) is 6.20 Å². The second kappa shape index (κ2) is 3.88. The number of hydrogen-bond acceptors (Lipinski definition) is 2. The Morgan fingerprint density at radius 2 is 2.19 bits per heavy atom. The van der Waals surface area contributed by atoms with Crippen molar-refractivity contribution in [2.24, 2.45) is 23.0 Å². The van der Waals surface area contributed by atoms with Crippen LogP contribution in [0.2, 0.25) is 0 Å². The zero-order chi connectivity index (χ0) is 11.9. The van der Waals surface area contributed by atoms with Gasteiger partial charge in [-0.15, -0.1) is 0 Å². The molecule has 0 bridgehead atoms. The van der Waals surface area contributed by atoms with E-state index in [2.05, 4.69) is 43.7 Å². The average molecular weight is 221 g/mol. The van der Waals surface area contributed by atoms with Crippen molar-refractivity contribution < 1.29 is 0 Å². The highest BCUT2D eigenvalue weighted by Crippen LogP contribution is 2.63. The third-order valence-corrected chi connectivity index (χ3v) is 3.87. The summed E-state index contributed by atoms with van der Waals surface area (Å²) in [5.41, 5.74) is 7.52. The van der Waals surface area contributed by atoms with Crippen LogP contribution in [0.1, 0.15) is 39.2 Å². The van der Waals surface area contributed by atoms with Crippen molar-refractivity contribution in [3.05, 3.63) is 18.0 Å². The Morgan fingerprint density at radius 3 is 2.69 bits per heavy atom. The highest BCUT2D eigenvalue weighted by Gasteiger charge is 2.57. The van der Waals surface area contributed by atoms with Gasteiger partial charge in [-0.1, -0.05) is 27.7 Å². The Morgan fingerprint density at radius 1 is 1.50 bits per heavy atom. The Balaban J connectivity index is 2.09. The van der Waals surface area contributed by atoms with E-state index < -0.39 is 0 Å². The first-order valence-electron chi connectivity index (χ1n) is 6.19. The third-order valence-electron chi connectivity index (χ3n) is 3.87. The van der Waals surface area contributed by atoms with Crippen molar-refractivity contribution in [3.8, 4) is 0 Å². The van der Waals surface area contributed by atoms with E-state index in [1.165, 1.54) is 5.56 Å². The van der Waals surface area contributed by atoms with E-state index in [-0.39, 0.29) is 0 Å². The molecule has 0 aromatic carbocycles. The topological polar surface area (TPSA) is 43.8 Å². The first-order valence-corrected chi connectivity index (χ1v) is 6.19. The fraction of sp³-hybridized carbons (Fsp3) is 0.769. The van der Waals surface area contributed by atoms with Crippen LogP contribution in [0.3, 0.4) is 0 Å². The van der Waals surface area contributed by atoms with Crippen LogP contribution in [-0.2, 0) is 6.54 Å². The molecule has 1 aliphatic carbocycles. The minimum absolute atomic E-state index is 0.362. The summed E-state index contributed by atoms with van der Waals surface area (Å²) >= 11 is 0. The SMILES string of the molecule is CC(C)Cn1cc([C@H]2[C@H](CN)C2(C)C)cn1. The summed E-state index contributed by atoms with van der Waals surface area (Å²) < 4.78 is 2.06. The van der Waals surface area contributed by atoms with Gasteiger partial charge in [-0.25, -0.2) is 0 Å². The number of hydrogen-bond donors (Lipinski definition) is 1. The minimum atomic E-state index is 0.362. The second-order valence-electron chi connectivity index (χ2n) is 6.03. The maximum atomic E-state index is 5.80. The minimum Gasteiger partial charge on any atom is -0.330 e. The molecule has 1 heterocycles. The maximum absolute atomic E-state index is 5.80. The summed E-state index contributed by atoms with van der Waals surface area (Å²) in [6.07, 6.45) is 4.21. The summed E-state index contributed by atoms with van der Waals surface area (Å²) in [5, 5.41) is 4.43. The van der Waals surface area contributed by atoms with Gasteiger partial charge in [0.15, 0.2) is 0 Å². The van der Waals surface area contributed by atoms with Crippen LogP contribution in [0, 0.1) is 17.3 Å². The van der Waals surface area contributed by atoms with E-state index in [1.54, 1.807) is 0 Å². The molecular weight excluding hydrogens is 198 g/mol. The molecule has 1 saturated carbocycles. The molecule has 90 valence electrons. The highest BCUT2D eigenvalue weighted by molar-refractivity contribution is 5.28. The van der Waals surface area contributed by atoms with Gasteiger partial charge in [-0.3, -0.25) is 4.68 Å². The van der Waals surface area contributed by atoms with Crippen LogP contribution in [0.5, 0.6) is 0 Å². The Hall–Kier alpha value is -0.830. The molecule has 0 unspecified atom stereocenters. The predicted molar refractivity (Wildman–Crippen MR) is 66.1 cm³/mol. The fourth-order valence-corrected chi connectivity index (χ4v) is 2.86. The van der Waals surface area contributed by atoms with Gasteiger partial charge in [0.25, 0.3) is 0 Å². The smallest absolute Gasteiger partial charge is 0.0524 e. The van der Waals surface area contributed by atoms with E-state index in [9.17, 15) is 0 Å². The van der Waals surface area contributed by atoms with Crippen LogP contribution in [0.4, 0.5) is 0 Å². The Kier molecular flexibility index (Phi) is 2.82. The van der Waals surface area contributed by atoms with Crippen LogP contribution in [-0.4, -0.2) is 16.3 Å². The molecule has 3 heteroatoms. The standard InChI is InChI=1S/C13H23N3/c1-9(2)7-16-8-10(6-15-16)12-11(5-14)13(12,3)4/h6,8-9,11-12H,5,7,14H2,1-4H3/t11-,12-/m0/s1. The molecule has 1 aromatic heterocycles. The number of rotatable bonds is 4. The van der Waals surface area contributed by atoms with Gasteiger partial charge in [-0.2, -0.15) is 5.10 Å².